The summed E-state index contributed by atoms with van der Waals surface area (Å²) in [4.78, 5) is 35.5. The molecule has 5 N–H and O–H groups in total. The van der Waals surface area contributed by atoms with E-state index in [0.717, 1.165) is 53.5 Å². The fraction of sp³-hybridized carbons (Fsp3) is 0.362. The van der Waals surface area contributed by atoms with E-state index in [0.29, 0.717) is 63.9 Å². The van der Waals surface area contributed by atoms with Crippen molar-refractivity contribution in [2.45, 2.75) is 95.4 Å². The zero-order valence-corrected chi connectivity index (χ0v) is 36.2. The van der Waals surface area contributed by atoms with Gasteiger partial charge < -0.3 is 44.7 Å². The van der Waals surface area contributed by atoms with E-state index in [2.05, 4.69) is 68.7 Å². The van der Waals surface area contributed by atoms with Crippen molar-refractivity contribution in [3.8, 4) is 40.7 Å². The third kappa shape index (κ3) is 11.3. The maximum Gasteiger partial charge on any atom is 0.306 e. The number of hydrogen-bond acceptors (Lipinski definition) is 13. The zero-order valence-electron chi connectivity index (χ0n) is 34.6. The van der Waals surface area contributed by atoms with E-state index in [1.165, 1.54) is 17.3 Å². The topological polar surface area (TPSA) is 226 Å². The van der Waals surface area contributed by atoms with Gasteiger partial charge in [-0.1, -0.05) is 36.4 Å². The van der Waals surface area contributed by atoms with Crippen LogP contribution in [-0.4, -0.2) is 73.2 Å². The summed E-state index contributed by atoms with van der Waals surface area (Å²) >= 11 is 3.64. The second-order valence-electron chi connectivity index (χ2n) is 15.6. The van der Waals surface area contributed by atoms with Crippen LogP contribution in [-0.2, 0) is 42.0 Å². The molecular formula is C47H48BrN5O10. The molecule has 0 bridgehead atoms. The number of methoxy groups -OCH3 is 1. The van der Waals surface area contributed by atoms with Gasteiger partial charge in [0.15, 0.2) is 0 Å². The van der Waals surface area contributed by atoms with Gasteiger partial charge in [-0.2, -0.15) is 15.2 Å². The standard InChI is InChI=1S/C47H48BrN5O10/c1-60-45-29(5-2-6-31(54)19-43(56)57)18-39(48)47(53-45)63-41-15-13-36-34(8-4-10-38(36)41)33-7-3-9-37-35(33)12-14-40(37)62-42-16-11-30(24-51-25-32(55)20-44(58)59)46(52-42)61-26-28-17-27(21-49)22-50-23-28/h3-4,7-11,16-18,22-23,31-32,40-41,51,54-55H,2,5-6,12-15,19-20,24-26H2,1H3,(H,56,57)(H,58,59)/t31-,32+,40+,41+/m1/s1. The Balaban J connectivity index is 1.06. The largest absolute Gasteiger partial charge is 0.481 e. The van der Waals surface area contributed by atoms with E-state index in [4.69, 9.17) is 39.1 Å². The fourth-order valence-electron chi connectivity index (χ4n) is 8.23. The minimum Gasteiger partial charge on any atom is -0.481 e. The van der Waals surface area contributed by atoms with Crippen LogP contribution in [0, 0.1) is 11.3 Å². The van der Waals surface area contributed by atoms with Crippen molar-refractivity contribution in [1.82, 2.24) is 20.3 Å². The molecule has 7 rings (SSSR count). The van der Waals surface area contributed by atoms with Crippen molar-refractivity contribution >= 4 is 27.9 Å². The Kier molecular flexibility index (Phi) is 14.9. The number of rotatable bonds is 21. The molecule has 63 heavy (non-hydrogen) atoms. The lowest BCUT2D eigenvalue weighted by Gasteiger charge is -2.19. The van der Waals surface area contributed by atoms with Crippen LogP contribution < -0.4 is 24.3 Å². The number of pyridine rings is 3. The highest BCUT2D eigenvalue weighted by Crippen LogP contribution is 2.45. The molecule has 328 valence electrons. The van der Waals surface area contributed by atoms with Gasteiger partial charge in [0, 0.05) is 48.2 Å². The number of ether oxygens (including phenoxy) is 4. The van der Waals surface area contributed by atoms with Crippen molar-refractivity contribution < 1.29 is 49.0 Å². The van der Waals surface area contributed by atoms with Gasteiger partial charge in [0.1, 0.15) is 24.9 Å². The monoisotopic (exact) mass is 921 g/mol. The minimum absolute atomic E-state index is 0.0596. The quantitative estimate of drug-likeness (QED) is 0.0501. The molecule has 5 aromatic rings. The maximum atomic E-state index is 11.0. The highest BCUT2D eigenvalue weighted by atomic mass is 79.9. The molecule has 15 nitrogen and oxygen atoms in total. The molecule has 0 fully saturated rings. The van der Waals surface area contributed by atoms with Crippen LogP contribution in [0.15, 0.2) is 77.5 Å². The van der Waals surface area contributed by atoms with Gasteiger partial charge in [-0.15, -0.1) is 0 Å². The molecule has 4 atom stereocenters. The van der Waals surface area contributed by atoms with E-state index in [-0.39, 0.29) is 44.7 Å². The number of aliphatic carboxylic acids is 2. The predicted molar refractivity (Wildman–Crippen MR) is 232 cm³/mol. The van der Waals surface area contributed by atoms with Crippen LogP contribution in [0.25, 0.3) is 11.1 Å². The molecule has 0 spiro atoms. The highest BCUT2D eigenvalue weighted by molar-refractivity contribution is 9.10. The molecule has 3 aromatic heterocycles. The van der Waals surface area contributed by atoms with Gasteiger partial charge in [0.25, 0.3) is 0 Å². The first-order chi connectivity index (χ1) is 30.5. The summed E-state index contributed by atoms with van der Waals surface area (Å²) in [5, 5.41) is 50.4. The normalized spacial score (nSPS) is 16.0. The van der Waals surface area contributed by atoms with E-state index in [9.17, 15) is 25.1 Å². The fourth-order valence-corrected chi connectivity index (χ4v) is 8.69. The predicted octanol–water partition coefficient (Wildman–Crippen LogP) is 6.98. The number of benzene rings is 2. The van der Waals surface area contributed by atoms with E-state index in [1.54, 1.807) is 25.4 Å². The van der Waals surface area contributed by atoms with Crippen LogP contribution in [0.3, 0.4) is 0 Å². The van der Waals surface area contributed by atoms with Gasteiger partial charge in [-0.05, 0) is 112 Å². The number of fused-ring (bicyclic) bond motifs is 2. The molecule has 0 amide bonds. The Morgan fingerprint density at radius 2 is 1.54 bits per heavy atom. The smallest absolute Gasteiger partial charge is 0.306 e. The number of halogens is 1. The molecule has 0 unspecified atom stereocenters. The van der Waals surface area contributed by atoms with Gasteiger partial charge in [0.05, 0.1) is 42.2 Å². The van der Waals surface area contributed by atoms with Crippen LogP contribution in [0.5, 0.6) is 23.5 Å². The number of nitriles is 1. The molecular weight excluding hydrogens is 874 g/mol. The van der Waals surface area contributed by atoms with Gasteiger partial charge in [-0.3, -0.25) is 14.6 Å². The van der Waals surface area contributed by atoms with E-state index < -0.39 is 24.1 Å². The summed E-state index contributed by atoms with van der Waals surface area (Å²) in [6, 6.07) is 21.9. The van der Waals surface area contributed by atoms with Crippen molar-refractivity contribution in [3.05, 3.63) is 122 Å². The number of aliphatic hydroxyl groups excluding tert-OH is 2. The molecule has 0 saturated carbocycles. The van der Waals surface area contributed by atoms with Crippen LogP contribution >= 0.6 is 15.9 Å². The summed E-state index contributed by atoms with van der Waals surface area (Å²) < 4.78 is 25.6. The lowest BCUT2D eigenvalue weighted by Crippen LogP contribution is -2.28. The Morgan fingerprint density at radius 1 is 0.857 bits per heavy atom. The van der Waals surface area contributed by atoms with E-state index in [1.807, 2.05) is 12.1 Å². The molecule has 3 heterocycles. The average molecular weight is 923 g/mol. The van der Waals surface area contributed by atoms with Gasteiger partial charge >= 0.3 is 11.9 Å². The van der Waals surface area contributed by atoms with Crippen LogP contribution in [0.1, 0.15) is 95.2 Å². The number of nitrogens with one attached hydrogen (secondary N) is 1. The third-order valence-electron chi connectivity index (χ3n) is 11.1. The van der Waals surface area contributed by atoms with Crippen LogP contribution in [0.2, 0.25) is 0 Å². The van der Waals surface area contributed by atoms with Gasteiger partial charge in [0.2, 0.25) is 23.5 Å². The molecule has 0 radical (unpaired) electrons. The third-order valence-corrected chi connectivity index (χ3v) is 11.7. The van der Waals surface area contributed by atoms with Gasteiger partial charge in [-0.25, -0.2) is 0 Å². The first-order valence-electron chi connectivity index (χ1n) is 20.8. The summed E-state index contributed by atoms with van der Waals surface area (Å²) in [7, 11) is 1.55. The first kappa shape index (κ1) is 44.9. The minimum atomic E-state index is -1.09. The first-order valence-corrected chi connectivity index (χ1v) is 21.6. The lowest BCUT2D eigenvalue weighted by molar-refractivity contribution is -0.140. The maximum absolute atomic E-state index is 11.0. The van der Waals surface area contributed by atoms with Crippen molar-refractivity contribution in [2.75, 3.05) is 13.7 Å². The SMILES string of the molecule is COc1nc(O[C@H]2CCc3c(-c4cccc5c4CC[C@@H]5Oc4ccc(CNC[C@@H](O)CC(=O)O)c(OCc5cncc(C#N)c5)n4)cccc32)c(Br)cc1CCC[C@@H](O)CC(=O)O. The second kappa shape index (κ2) is 20.8. The second-order valence-corrected chi connectivity index (χ2v) is 16.5. The number of nitrogens with zero attached hydrogens (tertiary/aromatic N) is 4. The van der Waals surface area contributed by atoms with E-state index >= 15 is 0 Å². The number of hydrogen-bond donors (Lipinski definition) is 5. The van der Waals surface area contributed by atoms with Crippen LogP contribution in [0.4, 0.5) is 0 Å². The molecule has 2 aromatic carbocycles. The number of aromatic nitrogens is 3. The lowest BCUT2D eigenvalue weighted by atomic mass is 9.91. The Bertz CT molecular complexity index is 2500. The number of carboxylic acids is 2. The number of carbonyl (C=O) groups is 2. The Morgan fingerprint density at radius 3 is 2.21 bits per heavy atom. The molecule has 2 aliphatic rings. The molecule has 0 aliphatic heterocycles. The summed E-state index contributed by atoms with van der Waals surface area (Å²) in [6.07, 6.45) is 4.51. The molecule has 0 saturated heterocycles. The summed E-state index contributed by atoms with van der Waals surface area (Å²) in [5.74, 6) is -0.629. The molecule has 16 heteroatoms. The zero-order chi connectivity index (χ0) is 44.5. The van der Waals surface area contributed by atoms with Crippen molar-refractivity contribution in [2.24, 2.45) is 0 Å². The van der Waals surface area contributed by atoms with Crippen molar-refractivity contribution in [1.29, 1.82) is 5.26 Å². The highest BCUT2D eigenvalue weighted by Gasteiger charge is 2.32. The van der Waals surface area contributed by atoms with Crippen molar-refractivity contribution in [3.63, 3.8) is 0 Å². The Labute approximate surface area is 372 Å². The summed E-state index contributed by atoms with van der Waals surface area (Å²) in [5.41, 5.74) is 9.48. The summed E-state index contributed by atoms with van der Waals surface area (Å²) in [6.45, 7) is 0.401. The Hall–Kier alpha value is -6.12. The number of aliphatic hydroxyl groups is 2. The number of aryl methyl sites for hydroxylation is 1. The average Bonchev–Trinajstić information content (AvgIpc) is 3.87. The molecule has 2 aliphatic carbocycles. The number of carboxylic acid groups (broad SMARTS) is 2.